The summed E-state index contributed by atoms with van der Waals surface area (Å²) in [5.41, 5.74) is 6.33. The van der Waals surface area contributed by atoms with Crippen molar-refractivity contribution in [2.45, 2.75) is 34.3 Å². The summed E-state index contributed by atoms with van der Waals surface area (Å²) in [5, 5.41) is 26.6. The number of aryl methyl sites for hydroxylation is 2. The Kier molecular flexibility index (Phi) is 12.2. The Morgan fingerprint density at radius 1 is 1.21 bits per heavy atom. The van der Waals surface area contributed by atoms with E-state index in [-0.39, 0.29) is 6.47 Å². The maximum absolute atomic E-state index is 8.36. The lowest BCUT2D eigenvalue weighted by Gasteiger charge is -2.11. The molecule has 3 N–H and O–H groups in total. The van der Waals surface area contributed by atoms with Crippen molar-refractivity contribution in [2.75, 3.05) is 7.11 Å². The number of halogens is 1. The Labute approximate surface area is 170 Å². The first kappa shape index (κ1) is 25.3. The van der Waals surface area contributed by atoms with Crippen LogP contribution in [0.2, 0.25) is 5.02 Å². The zero-order chi connectivity index (χ0) is 21.7. The van der Waals surface area contributed by atoms with Gasteiger partial charge in [-0.25, -0.2) is 0 Å². The maximum Gasteiger partial charge on any atom is 0.290 e. The molecule has 0 atom stereocenters. The quantitative estimate of drug-likeness (QED) is 0.383. The van der Waals surface area contributed by atoms with Crippen LogP contribution >= 0.6 is 11.6 Å². The van der Waals surface area contributed by atoms with Gasteiger partial charge >= 0.3 is 0 Å². The predicted octanol–water partition coefficient (Wildman–Crippen LogP) is 4.59. The van der Waals surface area contributed by atoms with Gasteiger partial charge in [-0.05, 0) is 57.0 Å². The molecule has 0 fully saturated rings. The minimum Gasteiger partial charge on any atom is -0.483 e. The van der Waals surface area contributed by atoms with E-state index in [1.165, 1.54) is 0 Å². The van der Waals surface area contributed by atoms with Gasteiger partial charge in [0.25, 0.3) is 6.47 Å². The molecule has 2 aromatic rings. The van der Waals surface area contributed by atoms with Crippen molar-refractivity contribution in [3.05, 3.63) is 69.2 Å². The average Bonchev–Trinajstić information content (AvgIpc) is 2.64. The number of rotatable bonds is 5. The lowest BCUT2D eigenvalue weighted by Crippen LogP contribution is -2.04. The molecule has 28 heavy (non-hydrogen) atoms. The molecule has 0 amide bonds. The maximum atomic E-state index is 8.36. The zero-order valence-electron chi connectivity index (χ0n) is 16.8. The van der Waals surface area contributed by atoms with E-state index in [0.29, 0.717) is 17.3 Å². The lowest BCUT2D eigenvalue weighted by molar-refractivity contribution is -0.122. The van der Waals surface area contributed by atoms with E-state index in [0.717, 1.165) is 40.6 Å². The molecule has 0 radical (unpaired) electrons. The molecule has 152 valence electrons. The highest BCUT2D eigenvalue weighted by atomic mass is 35.5. The van der Waals surface area contributed by atoms with Crippen molar-refractivity contribution in [1.29, 1.82) is 5.41 Å². The first-order valence-electron chi connectivity index (χ1n) is 8.40. The molecule has 0 heterocycles. The molecule has 0 saturated carbocycles. The Hall–Kier alpha value is -2.70. The monoisotopic (exact) mass is 406 g/mol. The summed E-state index contributed by atoms with van der Waals surface area (Å²) in [6.07, 6.45) is 0. The fourth-order valence-electron chi connectivity index (χ4n) is 2.44. The van der Waals surface area contributed by atoms with Crippen LogP contribution in [-0.4, -0.2) is 35.2 Å². The van der Waals surface area contributed by atoms with Crippen LogP contribution in [-0.2, 0) is 16.2 Å². The Morgan fingerprint density at radius 3 is 2.36 bits per heavy atom. The zero-order valence-corrected chi connectivity index (χ0v) is 17.5. The number of benzene rings is 2. The summed E-state index contributed by atoms with van der Waals surface area (Å²) in [4.78, 5) is 13.9. The fourth-order valence-corrected chi connectivity index (χ4v) is 2.73. The van der Waals surface area contributed by atoms with E-state index in [4.69, 9.17) is 36.9 Å². The number of aliphatic hydroxyl groups excluding tert-OH is 1. The van der Waals surface area contributed by atoms with Crippen molar-refractivity contribution in [2.24, 2.45) is 5.16 Å². The molecule has 0 aromatic heterocycles. The van der Waals surface area contributed by atoms with Gasteiger partial charge in [0.1, 0.15) is 6.61 Å². The van der Waals surface area contributed by atoms with Crippen LogP contribution in [0, 0.1) is 19.3 Å². The SMILES string of the molecule is CC(=N)c1cccc(C)c1CO/N=C(\C)c1cc(C)cc(Cl)c1.CO.O=CO. The number of carboxylic acid groups (broad SMARTS) is 1. The van der Waals surface area contributed by atoms with Gasteiger partial charge < -0.3 is 20.5 Å². The van der Waals surface area contributed by atoms with Crippen LogP contribution in [0.3, 0.4) is 0 Å². The predicted molar refractivity (Wildman–Crippen MR) is 114 cm³/mol. The molecule has 0 aliphatic carbocycles. The van der Waals surface area contributed by atoms with Crippen molar-refractivity contribution in [3.63, 3.8) is 0 Å². The number of nitrogens with one attached hydrogen (secondary N) is 1. The molecule has 0 unspecified atom stereocenters. The minimum absolute atomic E-state index is 0.250. The van der Waals surface area contributed by atoms with Gasteiger partial charge in [0.15, 0.2) is 0 Å². The van der Waals surface area contributed by atoms with Crippen molar-refractivity contribution in [3.8, 4) is 0 Å². The molecule has 0 aliphatic rings. The number of aliphatic hydroxyl groups is 1. The second-order valence-electron chi connectivity index (χ2n) is 5.80. The number of oxime groups is 1. The summed E-state index contributed by atoms with van der Waals surface area (Å²) >= 11 is 6.08. The van der Waals surface area contributed by atoms with E-state index in [1.807, 2.05) is 57.2 Å². The van der Waals surface area contributed by atoms with Gasteiger partial charge in [0.05, 0.1) is 5.71 Å². The Morgan fingerprint density at radius 2 is 1.82 bits per heavy atom. The van der Waals surface area contributed by atoms with Crippen LogP contribution in [0.15, 0.2) is 41.6 Å². The first-order chi connectivity index (χ1) is 13.3. The van der Waals surface area contributed by atoms with E-state index in [9.17, 15) is 0 Å². The third-order valence-corrected chi connectivity index (χ3v) is 3.90. The standard InChI is InChI=1S/C19H21ClN2O.CH2O2.CH4O/c1-12-8-16(10-17(20)9-12)15(4)22-23-11-19-13(2)6-5-7-18(19)14(3)21;2-1-3;1-2/h5-10,21H,11H2,1-4H3;1H,(H,2,3);2H,1H3/b21-14?,22-15+;;. The van der Waals surface area contributed by atoms with E-state index >= 15 is 0 Å². The van der Waals surface area contributed by atoms with Crippen LogP contribution < -0.4 is 0 Å². The van der Waals surface area contributed by atoms with Crippen LogP contribution in [0.4, 0.5) is 0 Å². The number of hydrogen-bond acceptors (Lipinski definition) is 5. The fraction of sp³-hybridized carbons (Fsp3) is 0.286. The van der Waals surface area contributed by atoms with E-state index < -0.39 is 0 Å². The molecule has 0 bridgehead atoms. The third kappa shape index (κ3) is 8.33. The average molecular weight is 407 g/mol. The van der Waals surface area contributed by atoms with Crippen LogP contribution in [0.1, 0.15) is 41.7 Å². The molecule has 2 rings (SSSR count). The number of hydrogen-bond donors (Lipinski definition) is 3. The van der Waals surface area contributed by atoms with Crippen molar-refractivity contribution >= 4 is 29.5 Å². The summed E-state index contributed by atoms with van der Waals surface area (Å²) in [7, 11) is 1.00. The molecular formula is C21H27ClN2O4. The van der Waals surface area contributed by atoms with Crippen LogP contribution in [0.5, 0.6) is 0 Å². The Balaban J connectivity index is 0.00000133. The van der Waals surface area contributed by atoms with E-state index in [1.54, 1.807) is 6.92 Å². The van der Waals surface area contributed by atoms with E-state index in [2.05, 4.69) is 5.16 Å². The normalized spacial score (nSPS) is 10.0. The molecule has 0 saturated heterocycles. The molecular weight excluding hydrogens is 380 g/mol. The number of carbonyl (C=O) groups is 1. The van der Waals surface area contributed by atoms with Crippen molar-refractivity contribution < 1.29 is 19.8 Å². The second-order valence-corrected chi connectivity index (χ2v) is 6.24. The van der Waals surface area contributed by atoms with Crippen molar-refractivity contribution in [1.82, 2.24) is 0 Å². The summed E-state index contributed by atoms with van der Waals surface area (Å²) < 4.78 is 0. The minimum atomic E-state index is -0.250. The van der Waals surface area contributed by atoms with Gasteiger partial charge in [0, 0.05) is 34.5 Å². The lowest BCUT2D eigenvalue weighted by atomic mass is 10.00. The molecule has 6 nitrogen and oxygen atoms in total. The Bertz CT molecular complexity index is 800. The smallest absolute Gasteiger partial charge is 0.290 e. The highest BCUT2D eigenvalue weighted by molar-refractivity contribution is 6.31. The summed E-state index contributed by atoms with van der Waals surface area (Å²) in [5.74, 6) is 0. The van der Waals surface area contributed by atoms with Gasteiger partial charge in [-0.2, -0.15) is 0 Å². The van der Waals surface area contributed by atoms with Gasteiger partial charge in [-0.1, -0.05) is 35.0 Å². The number of nitrogens with zero attached hydrogens (tertiary/aromatic N) is 1. The largest absolute Gasteiger partial charge is 0.483 e. The highest BCUT2D eigenvalue weighted by Crippen LogP contribution is 2.18. The van der Waals surface area contributed by atoms with Gasteiger partial charge in [0.2, 0.25) is 0 Å². The van der Waals surface area contributed by atoms with Crippen LogP contribution in [0.25, 0.3) is 0 Å². The molecule has 7 heteroatoms. The molecule has 2 aromatic carbocycles. The topological polar surface area (TPSA) is 103 Å². The molecule has 0 aliphatic heterocycles. The highest BCUT2D eigenvalue weighted by Gasteiger charge is 2.08. The summed E-state index contributed by atoms with van der Waals surface area (Å²) in [6.45, 7) is 7.78. The second kappa shape index (κ2) is 13.5. The first-order valence-corrected chi connectivity index (χ1v) is 8.78. The van der Waals surface area contributed by atoms with Gasteiger partial charge in [-0.15, -0.1) is 0 Å². The molecule has 0 spiro atoms. The third-order valence-electron chi connectivity index (χ3n) is 3.68. The summed E-state index contributed by atoms with van der Waals surface area (Å²) in [6, 6.07) is 11.7. The van der Waals surface area contributed by atoms with Gasteiger partial charge in [-0.3, -0.25) is 4.79 Å².